The standard InChI is InChI=1S/C13H14BrNO4/c14-12-7-15(6-10-4-2-1-3-5-10)11(16)13(12,17)19-9-18-8-12/h1-5,17H,6-9H2/t12-,13-/m1/s1. The summed E-state index contributed by atoms with van der Waals surface area (Å²) in [5, 5.41) is 10.4. The maximum Gasteiger partial charge on any atom is 0.284 e. The van der Waals surface area contributed by atoms with Gasteiger partial charge in [-0.25, -0.2) is 0 Å². The third kappa shape index (κ3) is 1.99. The van der Waals surface area contributed by atoms with Crippen LogP contribution in [0.1, 0.15) is 5.56 Å². The number of likely N-dealkylation sites (tertiary alicyclic amines) is 1. The highest BCUT2D eigenvalue weighted by Crippen LogP contribution is 2.43. The molecule has 6 heteroatoms. The molecule has 2 aliphatic rings. The number of halogens is 1. The number of ether oxygens (including phenoxy) is 2. The molecule has 102 valence electrons. The molecular formula is C13H14BrNO4. The molecule has 0 bridgehead atoms. The summed E-state index contributed by atoms with van der Waals surface area (Å²) >= 11 is 3.41. The number of nitrogens with zero attached hydrogens (tertiary/aromatic N) is 1. The Bertz CT molecular complexity index is 497. The summed E-state index contributed by atoms with van der Waals surface area (Å²) in [5.41, 5.74) is 1.01. The molecule has 0 radical (unpaired) electrons. The molecule has 0 aliphatic carbocycles. The summed E-state index contributed by atoms with van der Waals surface area (Å²) in [7, 11) is 0. The first-order valence-corrected chi connectivity index (χ1v) is 6.81. The Morgan fingerprint density at radius 1 is 1.37 bits per heavy atom. The molecule has 1 N–H and O–H groups in total. The van der Waals surface area contributed by atoms with Crippen molar-refractivity contribution in [2.75, 3.05) is 19.9 Å². The number of hydrogen-bond donors (Lipinski definition) is 1. The predicted octanol–water partition coefficient (Wildman–Crippen LogP) is 0.855. The number of fused-ring (bicyclic) bond motifs is 1. The Balaban J connectivity index is 1.84. The fraction of sp³-hybridized carbons (Fsp3) is 0.462. The van der Waals surface area contributed by atoms with Gasteiger partial charge in [0.2, 0.25) is 0 Å². The monoisotopic (exact) mass is 327 g/mol. The second-order valence-corrected chi connectivity index (χ2v) is 6.38. The van der Waals surface area contributed by atoms with Crippen LogP contribution in [0.25, 0.3) is 0 Å². The van der Waals surface area contributed by atoms with E-state index in [1.807, 2.05) is 30.3 Å². The molecule has 2 atom stereocenters. The highest BCUT2D eigenvalue weighted by Gasteiger charge is 2.65. The average molecular weight is 328 g/mol. The van der Waals surface area contributed by atoms with Crippen LogP contribution in [0.4, 0.5) is 0 Å². The molecule has 3 rings (SSSR count). The Kier molecular flexibility index (Phi) is 3.13. The van der Waals surface area contributed by atoms with E-state index in [1.54, 1.807) is 4.90 Å². The molecule has 1 aromatic carbocycles. The van der Waals surface area contributed by atoms with Gasteiger partial charge in [0.15, 0.2) is 6.79 Å². The maximum absolute atomic E-state index is 12.3. The van der Waals surface area contributed by atoms with Crippen LogP contribution in [0.5, 0.6) is 0 Å². The lowest BCUT2D eigenvalue weighted by Crippen LogP contribution is -2.59. The number of benzene rings is 1. The van der Waals surface area contributed by atoms with Gasteiger partial charge in [0, 0.05) is 13.1 Å². The SMILES string of the molecule is O=C1N(Cc2ccccc2)C[C@@]2(Br)COCO[C@]12O. The zero-order valence-corrected chi connectivity index (χ0v) is 11.8. The first-order valence-electron chi connectivity index (χ1n) is 6.01. The van der Waals surface area contributed by atoms with Gasteiger partial charge in [-0.05, 0) is 5.56 Å². The summed E-state index contributed by atoms with van der Waals surface area (Å²) in [5.74, 6) is -2.25. The van der Waals surface area contributed by atoms with Gasteiger partial charge in [0.1, 0.15) is 4.32 Å². The minimum Gasteiger partial charge on any atom is -0.357 e. The summed E-state index contributed by atoms with van der Waals surface area (Å²) in [4.78, 5) is 13.9. The molecule has 19 heavy (non-hydrogen) atoms. The number of carbonyl (C=O) groups excluding carboxylic acids is 1. The van der Waals surface area contributed by atoms with Crippen molar-refractivity contribution in [1.82, 2.24) is 4.90 Å². The van der Waals surface area contributed by atoms with Crippen LogP contribution >= 0.6 is 15.9 Å². The van der Waals surface area contributed by atoms with Gasteiger partial charge >= 0.3 is 0 Å². The van der Waals surface area contributed by atoms with Crippen molar-refractivity contribution < 1.29 is 19.4 Å². The van der Waals surface area contributed by atoms with Crippen LogP contribution in [0, 0.1) is 0 Å². The van der Waals surface area contributed by atoms with E-state index in [2.05, 4.69) is 15.9 Å². The molecular weight excluding hydrogens is 314 g/mol. The van der Waals surface area contributed by atoms with Crippen molar-refractivity contribution in [3.8, 4) is 0 Å². The third-order valence-electron chi connectivity index (χ3n) is 3.52. The molecule has 0 aromatic heterocycles. The molecule has 2 saturated heterocycles. The van der Waals surface area contributed by atoms with Crippen molar-refractivity contribution in [2.45, 2.75) is 16.7 Å². The molecule has 2 aliphatic heterocycles. The Hall–Kier alpha value is -0.950. The second-order valence-electron chi connectivity index (χ2n) is 4.87. The van der Waals surface area contributed by atoms with E-state index in [-0.39, 0.29) is 13.4 Å². The summed E-state index contributed by atoms with van der Waals surface area (Å²) in [6.07, 6.45) is 0. The number of hydrogen-bond acceptors (Lipinski definition) is 4. The predicted molar refractivity (Wildman–Crippen MR) is 70.4 cm³/mol. The van der Waals surface area contributed by atoms with Crippen LogP contribution in [0.2, 0.25) is 0 Å². The third-order valence-corrected chi connectivity index (χ3v) is 4.54. The lowest BCUT2D eigenvalue weighted by molar-refractivity contribution is -0.278. The Morgan fingerprint density at radius 3 is 2.79 bits per heavy atom. The largest absolute Gasteiger partial charge is 0.357 e. The van der Waals surface area contributed by atoms with Gasteiger partial charge < -0.3 is 19.5 Å². The van der Waals surface area contributed by atoms with Crippen molar-refractivity contribution >= 4 is 21.8 Å². The van der Waals surface area contributed by atoms with Crippen LogP contribution in [0.3, 0.4) is 0 Å². The first kappa shape index (κ1) is 13.1. The van der Waals surface area contributed by atoms with Gasteiger partial charge in [-0.3, -0.25) is 4.79 Å². The average Bonchev–Trinajstić information content (AvgIpc) is 2.60. The lowest BCUT2D eigenvalue weighted by atomic mass is 10.0. The van der Waals surface area contributed by atoms with E-state index in [0.29, 0.717) is 13.1 Å². The molecule has 0 saturated carbocycles. The molecule has 0 unspecified atom stereocenters. The lowest BCUT2D eigenvalue weighted by Gasteiger charge is -2.37. The van der Waals surface area contributed by atoms with Gasteiger partial charge in [-0.2, -0.15) is 0 Å². The Morgan fingerprint density at radius 2 is 2.11 bits per heavy atom. The number of carbonyl (C=O) groups is 1. The van der Waals surface area contributed by atoms with Gasteiger partial charge in [-0.15, -0.1) is 0 Å². The number of alkyl halides is 1. The van der Waals surface area contributed by atoms with Crippen molar-refractivity contribution in [1.29, 1.82) is 0 Å². The van der Waals surface area contributed by atoms with Crippen LogP contribution in [-0.4, -0.2) is 46.0 Å². The number of rotatable bonds is 2. The minimum absolute atomic E-state index is 0.0746. The molecule has 2 heterocycles. The fourth-order valence-corrected chi connectivity index (χ4v) is 3.23. The van der Waals surface area contributed by atoms with Gasteiger partial charge in [-0.1, -0.05) is 46.3 Å². The molecule has 2 fully saturated rings. The second kappa shape index (κ2) is 4.56. The molecule has 5 nitrogen and oxygen atoms in total. The van der Waals surface area contributed by atoms with Crippen LogP contribution in [-0.2, 0) is 20.8 Å². The normalized spacial score (nSPS) is 34.4. The van der Waals surface area contributed by atoms with Crippen LogP contribution < -0.4 is 0 Å². The summed E-state index contributed by atoms with van der Waals surface area (Å²) in [6.45, 7) is 0.950. The van der Waals surface area contributed by atoms with Crippen LogP contribution in [0.15, 0.2) is 30.3 Å². The smallest absolute Gasteiger partial charge is 0.284 e. The van der Waals surface area contributed by atoms with E-state index < -0.39 is 16.0 Å². The first-order chi connectivity index (χ1) is 9.05. The van der Waals surface area contributed by atoms with Gasteiger partial charge in [0.05, 0.1) is 6.61 Å². The van der Waals surface area contributed by atoms with Crippen molar-refractivity contribution in [3.05, 3.63) is 35.9 Å². The van der Waals surface area contributed by atoms with E-state index >= 15 is 0 Å². The number of aliphatic hydroxyl groups is 1. The van der Waals surface area contributed by atoms with Crippen molar-refractivity contribution in [3.63, 3.8) is 0 Å². The zero-order chi connectivity index (χ0) is 13.5. The quantitative estimate of drug-likeness (QED) is 0.818. The highest BCUT2D eigenvalue weighted by atomic mass is 79.9. The zero-order valence-electron chi connectivity index (χ0n) is 10.2. The van der Waals surface area contributed by atoms with E-state index in [4.69, 9.17) is 9.47 Å². The molecule has 1 amide bonds. The van der Waals surface area contributed by atoms with Crippen molar-refractivity contribution in [2.24, 2.45) is 0 Å². The number of amides is 1. The summed E-state index contributed by atoms with van der Waals surface area (Å²) < 4.78 is 9.46. The maximum atomic E-state index is 12.3. The minimum atomic E-state index is -1.83. The van der Waals surface area contributed by atoms with Gasteiger partial charge in [0.25, 0.3) is 11.7 Å². The van der Waals surface area contributed by atoms with E-state index in [0.717, 1.165) is 5.56 Å². The fourth-order valence-electron chi connectivity index (χ4n) is 2.48. The summed E-state index contributed by atoms with van der Waals surface area (Å²) in [6, 6.07) is 9.64. The Labute approximate surface area is 119 Å². The molecule has 1 aromatic rings. The highest BCUT2D eigenvalue weighted by molar-refractivity contribution is 9.10. The van der Waals surface area contributed by atoms with E-state index in [1.165, 1.54) is 0 Å². The topological polar surface area (TPSA) is 59.0 Å². The molecule has 0 spiro atoms. The van der Waals surface area contributed by atoms with E-state index in [9.17, 15) is 9.90 Å².